The lowest BCUT2D eigenvalue weighted by Gasteiger charge is -2.54. The standard InChI is InChI=1S/C30H52O4/c1-20(2)10-9-17-28(6)22(21(3)11-14-25(28)32)12-13-23-29(7)18-15-24(31)27(4,5)34-26(29)16-19-30(23,8)33/h10,23-26,31-33H,9,11-19H2,1-8H3/t23-,24-,25+,26-,28-,29-,30+/m0/s1. The fraction of sp³-hybridized carbons (Fsp3) is 0.867. The summed E-state index contributed by atoms with van der Waals surface area (Å²) in [4.78, 5) is 0. The molecule has 0 aromatic carbocycles. The van der Waals surface area contributed by atoms with Gasteiger partial charge in [-0.05, 0) is 117 Å². The molecule has 3 rings (SSSR count). The number of aliphatic hydroxyl groups is 3. The molecule has 1 saturated heterocycles. The Balaban J connectivity index is 1.87. The van der Waals surface area contributed by atoms with Crippen LogP contribution in [0.25, 0.3) is 0 Å². The maximum atomic E-state index is 11.6. The van der Waals surface area contributed by atoms with Crippen molar-refractivity contribution in [2.45, 2.75) is 149 Å². The Bertz CT molecular complexity index is 790. The second-order valence-electron chi connectivity index (χ2n) is 13.3. The van der Waals surface area contributed by atoms with Gasteiger partial charge in [0.15, 0.2) is 0 Å². The molecule has 4 heteroatoms. The van der Waals surface area contributed by atoms with Gasteiger partial charge in [-0.15, -0.1) is 0 Å². The van der Waals surface area contributed by atoms with E-state index in [0.717, 1.165) is 57.8 Å². The molecule has 4 nitrogen and oxygen atoms in total. The number of ether oxygens (including phenoxy) is 1. The van der Waals surface area contributed by atoms with E-state index in [1.807, 2.05) is 20.8 Å². The zero-order valence-corrected chi connectivity index (χ0v) is 23.2. The Hall–Kier alpha value is -0.680. The Morgan fingerprint density at radius 3 is 2.32 bits per heavy atom. The minimum absolute atomic E-state index is 0.0425. The summed E-state index contributed by atoms with van der Waals surface area (Å²) in [5, 5.41) is 33.5. The molecule has 0 unspecified atom stereocenters. The van der Waals surface area contributed by atoms with Gasteiger partial charge in [-0.25, -0.2) is 0 Å². The summed E-state index contributed by atoms with van der Waals surface area (Å²) in [5.74, 6) is 0.0845. The van der Waals surface area contributed by atoms with Gasteiger partial charge < -0.3 is 20.1 Å². The van der Waals surface area contributed by atoms with Crippen LogP contribution >= 0.6 is 0 Å². The van der Waals surface area contributed by atoms with Crippen LogP contribution < -0.4 is 0 Å². The van der Waals surface area contributed by atoms with Crippen molar-refractivity contribution < 1.29 is 20.1 Å². The molecule has 3 aliphatic rings. The molecule has 3 N–H and O–H groups in total. The van der Waals surface area contributed by atoms with E-state index < -0.39 is 17.3 Å². The molecule has 0 bridgehead atoms. The molecule has 0 spiro atoms. The van der Waals surface area contributed by atoms with Crippen molar-refractivity contribution in [2.75, 3.05) is 0 Å². The SMILES string of the molecule is CC(C)=CCC[C@@]1(C)C(CC[C@H]2[C@]3(C)CC[C@H](O)C(C)(C)O[C@H]3CC[C@@]2(C)O)=C(C)CC[C@H]1O. The highest BCUT2D eigenvalue weighted by Gasteiger charge is 2.56. The lowest BCUT2D eigenvalue weighted by molar-refractivity contribution is -0.205. The van der Waals surface area contributed by atoms with E-state index in [1.165, 1.54) is 16.7 Å². The normalized spacial score (nSPS) is 42.7. The van der Waals surface area contributed by atoms with Gasteiger partial charge in [-0.1, -0.05) is 36.6 Å². The minimum Gasteiger partial charge on any atom is -0.392 e. The largest absolute Gasteiger partial charge is 0.392 e. The van der Waals surface area contributed by atoms with Crippen molar-refractivity contribution in [1.29, 1.82) is 0 Å². The Labute approximate surface area is 208 Å². The van der Waals surface area contributed by atoms with Gasteiger partial charge in [-0.2, -0.15) is 0 Å². The Morgan fingerprint density at radius 1 is 1.00 bits per heavy atom. The lowest BCUT2D eigenvalue weighted by atomic mass is 9.55. The van der Waals surface area contributed by atoms with Gasteiger partial charge in [0.25, 0.3) is 0 Å². The van der Waals surface area contributed by atoms with E-state index >= 15 is 0 Å². The van der Waals surface area contributed by atoms with E-state index in [-0.39, 0.29) is 29.0 Å². The number of fused-ring (bicyclic) bond motifs is 1. The first-order valence-corrected chi connectivity index (χ1v) is 13.7. The van der Waals surface area contributed by atoms with Crippen molar-refractivity contribution >= 4 is 0 Å². The maximum absolute atomic E-state index is 11.6. The second-order valence-corrected chi connectivity index (χ2v) is 13.3. The van der Waals surface area contributed by atoms with Crippen molar-refractivity contribution in [3.05, 3.63) is 22.8 Å². The van der Waals surface area contributed by atoms with Crippen LogP contribution in [0.3, 0.4) is 0 Å². The third-order valence-electron chi connectivity index (χ3n) is 10.0. The summed E-state index contributed by atoms with van der Waals surface area (Å²) >= 11 is 0. The summed E-state index contributed by atoms with van der Waals surface area (Å²) in [7, 11) is 0. The highest BCUT2D eigenvalue weighted by molar-refractivity contribution is 5.26. The number of allylic oxidation sites excluding steroid dienone is 3. The van der Waals surface area contributed by atoms with Gasteiger partial charge in [0.1, 0.15) is 0 Å². The van der Waals surface area contributed by atoms with Gasteiger partial charge in [-0.3, -0.25) is 0 Å². The third kappa shape index (κ3) is 5.36. The molecule has 0 aromatic rings. The van der Waals surface area contributed by atoms with E-state index in [0.29, 0.717) is 6.42 Å². The lowest BCUT2D eigenvalue weighted by Crippen LogP contribution is -2.56. The van der Waals surface area contributed by atoms with Crippen LogP contribution in [0.4, 0.5) is 0 Å². The first-order valence-electron chi connectivity index (χ1n) is 13.7. The van der Waals surface area contributed by atoms with Gasteiger partial charge in [0.2, 0.25) is 0 Å². The molecule has 34 heavy (non-hydrogen) atoms. The first kappa shape index (κ1) is 27.9. The van der Waals surface area contributed by atoms with Crippen LogP contribution in [0.5, 0.6) is 0 Å². The van der Waals surface area contributed by atoms with Crippen LogP contribution in [-0.2, 0) is 4.74 Å². The molecule has 0 aromatic heterocycles. The molecule has 0 radical (unpaired) electrons. The first-order chi connectivity index (χ1) is 15.6. The fourth-order valence-corrected chi connectivity index (χ4v) is 7.55. The molecule has 1 aliphatic heterocycles. The molecule has 2 aliphatic carbocycles. The molecular weight excluding hydrogens is 424 g/mol. The van der Waals surface area contributed by atoms with E-state index in [2.05, 4.69) is 40.7 Å². The zero-order valence-electron chi connectivity index (χ0n) is 23.2. The molecular formula is C30H52O4. The number of rotatable bonds is 6. The molecule has 7 atom stereocenters. The average molecular weight is 477 g/mol. The number of hydrogen-bond donors (Lipinski definition) is 3. The molecule has 1 heterocycles. The minimum atomic E-state index is -0.756. The summed E-state index contributed by atoms with van der Waals surface area (Å²) in [5.41, 5.74) is 2.44. The quantitative estimate of drug-likeness (QED) is 0.384. The number of hydrogen-bond acceptors (Lipinski definition) is 4. The summed E-state index contributed by atoms with van der Waals surface area (Å²) in [6.07, 6.45) is 10.2. The third-order valence-corrected chi connectivity index (χ3v) is 10.0. The molecule has 196 valence electrons. The average Bonchev–Trinajstić information content (AvgIpc) is 2.81. The van der Waals surface area contributed by atoms with Crippen LogP contribution in [0.15, 0.2) is 22.8 Å². The topological polar surface area (TPSA) is 69.9 Å². The smallest absolute Gasteiger partial charge is 0.0888 e. The highest BCUT2D eigenvalue weighted by atomic mass is 16.5. The summed E-state index contributed by atoms with van der Waals surface area (Å²) in [6.45, 7) is 17.1. The zero-order chi connectivity index (χ0) is 25.5. The second kappa shape index (κ2) is 10.00. The van der Waals surface area contributed by atoms with Crippen LogP contribution in [0, 0.1) is 16.7 Å². The molecule has 1 saturated carbocycles. The van der Waals surface area contributed by atoms with Crippen molar-refractivity contribution in [3.8, 4) is 0 Å². The van der Waals surface area contributed by atoms with Crippen molar-refractivity contribution in [3.63, 3.8) is 0 Å². The highest BCUT2D eigenvalue weighted by Crippen LogP contribution is 2.56. The van der Waals surface area contributed by atoms with E-state index in [4.69, 9.17) is 4.74 Å². The van der Waals surface area contributed by atoms with Crippen molar-refractivity contribution in [1.82, 2.24) is 0 Å². The predicted octanol–water partition coefficient (Wildman–Crippen LogP) is 6.48. The van der Waals surface area contributed by atoms with E-state index in [1.54, 1.807) is 0 Å². The van der Waals surface area contributed by atoms with Gasteiger partial charge in [0, 0.05) is 5.41 Å². The van der Waals surface area contributed by atoms with E-state index in [9.17, 15) is 15.3 Å². The summed E-state index contributed by atoms with van der Waals surface area (Å²) < 4.78 is 6.57. The van der Waals surface area contributed by atoms with Crippen molar-refractivity contribution in [2.24, 2.45) is 16.7 Å². The van der Waals surface area contributed by atoms with Crippen LogP contribution in [0.2, 0.25) is 0 Å². The van der Waals surface area contributed by atoms with Gasteiger partial charge >= 0.3 is 0 Å². The summed E-state index contributed by atoms with van der Waals surface area (Å²) in [6, 6.07) is 0. The monoisotopic (exact) mass is 476 g/mol. The fourth-order valence-electron chi connectivity index (χ4n) is 7.55. The predicted molar refractivity (Wildman–Crippen MR) is 140 cm³/mol. The number of aliphatic hydroxyl groups excluding tert-OH is 2. The Morgan fingerprint density at radius 2 is 1.68 bits per heavy atom. The van der Waals surface area contributed by atoms with Gasteiger partial charge in [0.05, 0.1) is 29.5 Å². The van der Waals surface area contributed by atoms with Crippen LogP contribution in [0.1, 0.15) is 120 Å². The molecule has 2 fully saturated rings. The molecule has 0 amide bonds. The Kier molecular flexibility index (Phi) is 8.20. The maximum Gasteiger partial charge on any atom is 0.0888 e. The van der Waals surface area contributed by atoms with Crippen LogP contribution in [-0.4, -0.2) is 44.8 Å².